The lowest BCUT2D eigenvalue weighted by Gasteiger charge is -2.20. The Kier molecular flexibility index (Phi) is 6.24. The molecule has 1 fully saturated rings. The normalized spacial score (nSPS) is 14.5. The Balaban J connectivity index is 1.57. The first-order valence-corrected chi connectivity index (χ1v) is 9.86. The van der Waals surface area contributed by atoms with Crippen molar-refractivity contribution in [2.75, 3.05) is 5.32 Å². The molecule has 1 aromatic heterocycles. The van der Waals surface area contributed by atoms with E-state index in [4.69, 9.17) is 5.11 Å². The Morgan fingerprint density at radius 3 is 2.56 bits per heavy atom. The van der Waals surface area contributed by atoms with Crippen LogP contribution in [0.1, 0.15) is 57.0 Å². The first kappa shape index (κ1) is 19.1. The smallest absolute Gasteiger partial charge is 0.345 e. The van der Waals surface area contributed by atoms with Crippen LogP contribution in [0.25, 0.3) is 0 Å². The molecule has 142 valence electrons. The molecular weight excluding hydrogens is 364 g/mol. The minimum absolute atomic E-state index is 0.0204. The zero-order valence-electron chi connectivity index (χ0n) is 14.9. The number of amides is 2. The van der Waals surface area contributed by atoms with E-state index in [0.717, 1.165) is 41.9 Å². The maximum atomic E-state index is 12.4. The van der Waals surface area contributed by atoms with E-state index in [1.807, 2.05) is 0 Å². The van der Waals surface area contributed by atoms with Gasteiger partial charge in [0.15, 0.2) is 0 Å². The highest BCUT2D eigenvalue weighted by molar-refractivity contribution is 7.13. The Morgan fingerprint density at radius 1 is 1.07 bits per heavy atom. The lowest BCUT2D eigenvalue weighted by Crippen LogP contribution is -2.25. The number of hydrogen-bond donors (Lipinski definition) is 3. The summed E-state index contributed by atoms with van der Waals surface area (Å²) in [6.07, 6.45) is 5.22. The summed E-state index contributed by atoms with van der Waals surface area (Å²) in [6.45, 7) is 0.259. The average molecular weight is 386 g/mol. The molecular formula is C20H22N2O4S. The molecule has 2 amide bonds. The largest absolute Gasteiger partial charge is 0.477 e. The molecule has 0 aliphatic heterocycles. The minimum atomic E-state index is -0.973. The number of hydrogen-bond acceptors (Lipinski definition) is 4. The number of anilines is 1. The second-order valence-electron chi connectivity index (χ2n) is 6.66. The minimum Gasteiger partial charge on any atom is -0.477 e. The first-order valence-electron chi connectivity index (χ1n) is 9.04. The predicted molar refractivity (Wildman–Crippen MR) is 104 cm³/mol. The molecule has 0 radical (unpaired) electrons. The molecule has 27 heavy (non-hydrogen) atoms. The van der Waals surface area contributed by atoms with Crippen LogP contribution < -0.4 is 10.6 Å². The molecule has 0 spiro atoms. The molecule has 1 saturated carbocycles. The van der Waals surface area contributed by atoms with Gasteiger partial charge in [0, 0.05) is 22.0 Å². The van der Waals surface area contributed by atoms with Crippen LogP contribution in [0.4, 0.5) is 5.69 Å². The van der Waals surface area contributed by atoms with E-state index >= 15 is 0 Å². The molecule has 3 rings (SSSR count). The van der Waals surface area contributed by atoms with Crippen molar-refractivity contribution < 1.29 is 19.5 Å². The van der Waals surface area contributed by atoms with Gasteiger partial charge in [-0.05, 0) is 43.2 Å². The Bertz CT molecular complexity index is 840. The fourth-order valence-electron chi connectivity index (χ4n) is 3.20. The monoisotopic (exact) mass is 386 g/mol. The van der Waals surface area contributed by atoms with Gasteiger partial charge in [-0.15, -0.1) is 11.3 Å². The zero-order valence-corrected chi connectivity index (χ0v) is 15.7. The van der Waals surface area contributed by atoms with E-state index in [2.05, 4.69) is 10.6 Å². The number of nitrogens with one attached hydrogen (secondary N) is 2. The number of carbonyl (C=O) groups excluding carboxylic acids is 2. The summed E-state index contributed by atoms with van der Waals surface area (Å²) in [6, 6.07) is 10.1. The number of carboxylic acids is 1. The fourth-order valence-corrected chi connectivity index (χ4v) is 3.99. The molecule has 0 saturated heterocycles. The summed E-state index contributed by atoms with van der Waals surface area (Å²) in [4.78, 5) is 36.6. The van der Waals surface area contributed by atoms with Gasteiger partial charge in [-0.1, -0.05) is 25.3 Å². The molecule has 0 atom stereocenters. The Labute approximate surface area is 161 Å². The zero-order chi connectivity index (χ0) is 19.2. The quantitative estimate of drug-likeness (QED) is 0.702. The molecule has 6 nitrogen and oxygen atoms in total. The number of carboxylic acid groups (broad SMARTS) is 1. The van der Waals surface area contributed by atoms with Crippen molar-refractivity contribution in [1.82, 2.24) is 5.32 Å². The van der Waals surface area contributed by atoms with Crippen LogP contribution in [0.5, 0.6) is 0 Å². The number of aromatic carboxylic acids is 1. The summed E-state index contributed by atoms with van der Waals surface area (Å²) >= 11 is 1.13. The van der Waals surface area contributed by atoms with E-state index < -0.39 is 5.97 Å². The summed E-state index contributed by atoms with van der Waals surface area (Å²) in [5, 5.41) is 14.6. The third-order valence-corrected chi connectivity index (χ3v) is 5.74. The molecule has 2 aromatic rings. The average Bonchev–Trinajstić information content (AvgIpc) is 3.16. The van der Waals surface area contributed by atoms with Crippen molar-refractivity contribution in [3.05, 3.63) is 51.7 Å². The second-order valence-corrected chi connectivity index (χ2v) is 7.83. The Morgan fingerprint density at radius 2 is 1.85 bits per heavy atom. The summed E-state index contributed by atoms with van der Waals surface area (Å²) < 4.78 is 0. The van der Waals surface area contributed by atoms with E-state index in [-0.39, 0.29) is 29.2 Å². The SMILES string of the molecule is O=C(NCc1ccc(C(=O)O)s1)c1cccc(NC(=O)C2CCCCC2)c1. The number of carbonyl (C=O) groups is 3. The number of thiophene rings is 1. The van der Waals surface area contributed by atoms with Crippen LogP contribution in [-0.4, -0.2) is 22.9 Å². The molecule has 7 heteroatoms. The fraction of sp³-hybridized carbons (Fsp3) is 0.350. The highest BCUT2D eigenvalue weighted by Crippen LogP contribution is 2.25. The van der Waals surface area contributed by atoms with Crippen LogP contribution in [-0.2, 0) is 11.3 Å². The number of rotatable bonds is 6. The van der Waals surface area contributed by atoms with Gasteiger partial charge >= 0.3 is 5.97 Å². The molecule has 0 unspecified atom stereocenters. The maximum absolute atomic E-state index is 12.4. The molecule has 1 aromatic carbocycles. The standard InChI is InChI=1S/C20H22N2O4S/c23-18(21-12-16-9-10-17(27-16)20(25)26)14-7-4-8-15(11-14)22-19(24)13-5-2-1-3-6-13/h4,7-11,13H,1-3,5-6,12H2,(H,21,23)(H,22,24)(H,25,26). The third kappa shape index (κ3) is 5.17. The van der Waals surface area contributed by atoms with Gasteiger partial charge in [-0.2, -0.15) is 0 Å². The topological polar surface area (TPSA) is 95.5 Å². The van der Waals surface area contributed by atoms with Gasteiger partial charge < -0.3 is 15.7 Å². The molecule has 1 heterocycles. The second kappa shape index (κ2) is 8.81. The van der Waals surface area contributed by atoms with E-state index in [9.17, 15) is 14.4 Å². The maximum Gasteiger partial charge on any atom is 0.345 e. The number of benzene rings is 1. The Hall–Kier alpha value is -2.67. The van der Waals surface area contributed by atoms with E-state index in [1.165, 1.54) is 12.5 Å². The van der Waals surface area contributed by atoms with Gasteiger partial charge in [0.2, 0.25) is 5.91 Å². The molecule has 1 aliphatic carbocycles. The van der Waals surface area contributed by atoms with Crippen LogP contribution in [0, 0.1) is 5.92 Å². The van der Waals surface area contributed by atoms with Gasteiger partial charge in [0.1, 0.15) is 4.88 Å². The van der Waals surface area contributed by atoms with Crippen molar-refractivity contribution in [2.24, 2.45) is 5.92 Å². The van der Waals surface area contributed by atoms with Crippen LogP contribution in [0.15, 0.2) is 36.4 Å². The van der Waals surface area contributed by atoms with Gasteiger partial charge in [-0.25, -0.2) is 4.79 Å². The third-order valence-electron chi connectivity index (χ3n) is 4.66. The lowest BCUT2D eigenvalue weighted by molar-refractivity contribution is -0.120. The van der Waals surface area contributed by atoms with Crippen molar-refractivity contribution in [2.45, 2.75) is 38.6 Å². The van der Waals surface area contributed by atoms with Crippen molar-refractivity contribution >= 4 is 34.8 Å². The predicted octanol–water partition coefficient (Wildman–Crippen LogP) is 3.90. The highest BCUT2D eigenvalue weighted by Gasteiger charge is 2.21. The van der Waals surface area contributed by atoms with E-state index in [1.54, 1.807) is 30.3 Å². The van der Waals surface area contributed by atoms with Crippen molar-refractivity contribution in [3.63, 3.8) is 0 Å². The van der Waals surface area contributed by atoms with Gasteiger partial charge in [-0.3, -0.25) is 9.59 Å². The summed E-state index contributed by atoms with van der Waals surface area (Å²) in [7, 11) is 0. The van der Waals surface area contributed by atoms with Crippen LogP contribution >= 0.6 is 11.3 Å². The van der Waals surface area contributed by atoms with Gasteiger partial charge in [0.25, 0.3) is 5.91 Å². The highest BCUT2D eigenvalue weighted by atomic mass is 32.1. The molecule has 1 aliphatic rings. The molecule has 0 bridgehead atoms. The summed E-state index contributed by atoms with van der Waals surface area (Å²) in [5.41, 5.74) is 1.06. The van der Waals surface area contributed by atoms with Crippen molar-refractivity contribution in [3.8, 4) is 0 Å². The van der Waals surface area contributed by atoms with Crippen LogP contribution in [0.2, 0.25) is 0 Å². The lowest BCUT2D eigenvalue weighted by atomic mass is 9.88. The van der Waals surface area contributed by atoms with Crippen molar-refractivity contribution in [1.29, 1.82) is 0 Å². The first-order chi connectivity index (χ1) is 13.0. The van der Waals surface area contributed by atoms with Gasteiger partial charge in [0.05, 0.1) is 6.54 Å². The van der Waals surface area contributed by atoms with E-state index in [0.29, 0.717) is 11.3 Å². The van der Waals surface area contributed by atoms with Crippen LogP contribution in [0.3, 0.4) is 0 Å². The summed E-state index contributed by atoms with van der Waals surface area (Å²) in [5.74, 6) is -1.17. The molecule has 3 N–H and O–H groups in total.